The molecule has 0 amide bonds. The summed E-state index contributed by atoms with van der Waals surface area (Å²) in [6.45, 7) is 1.93. The van der Waals surface area contributed by atoms with Crippen LogP contribution in [0.15, 0.2) is 20.5 Å². The molecule has 309 valence electrons. The van der Waals surface area contributed by atoms with Gasteiger partial charge in [-0.3, -0.25) is 13.7 Å². The zero-order valence-electron chi connectivity index (χ0n) is 30.1. The van der Waals surface area contributed by atoms with E-state index in [1.165, 1.54) is 19.3 Å². The van der Waals surface area contributed by atoms with Crippen LogP contribution in [0.4, 0.5) is 0 Å². The fourth-order valence-corrected chi connectivity index (χ4v) is 14.0. The van der Waals surface area contributed by atoms with Gasteiger partial charge in [-0.15, -0.1) is 0 Å². The maximum atomic E-state index is 12.6. The van der Waals surface area contributed by atoms with Crippen LogP contribution in [0, 0.1) is 29.6 Å². The van der Waals surface area contributed by atoms with Gasteiger partial charge in [0.05, 0.1) is 40.8 Å². The summed E-state index contributed by atoms with van der Waals surface area (Å²) in [5.41, 5.74) is 0. The second kappa shape index (κ2) is 17.4. The molecule has 15 unspecified atom stereocenters. The van der Waals surface area contributed by atoms with E-state index < -0.39 is 76.3 Å². The molecule has 1 radical (unpaired) electrons. The third kappa shape index (κ3) is 10.4. The van der Waals surface area contributed by atoms with Gasteiger partial charge in [0.15, 0.2) is 0 Å². The van der Waals surface area contributed by atoms with E-state index in [1.54, 1.807) is 0 Å². The molecule has 6 aliphatic carbocycles. The average molecular weight is 860 g/mol. The van der Waals surface area contributed by atoms with Crippen LogP contribution in [0.2, 0.25) is 0 Å². The third-order valence-electron chi connectivity index (χ3n) is 13.5. The van der Waals surface area contributed by atoms with Crippen molar-refractivity contribution < 1.29 is 66.2 Å². The number of hydrogen-bond acceptors (Lipinski definition) is 13. The molecule has 0 spiro atoms. The number of fused-ring (bicyclic) bond motifs is 2. The first kappa shape index (κ1) is 43.5. The zero-order chi connectivity index (χ0) is 37.6. The molecule has 0 bridgehead atoms. The van der Waals surface area contributed by atoms with Crippen molar-refractivity contribution >= 4 is 30.4 Å². The van der Waals surface area contributed by atoms with Gasteiger partial charge in [0.2, 0.25) is 0 Å². The van der Waals surface area contributed by atoms with E-state index in [0.717, 1.165) is 32.1 Å². The SMILES string of the molecule is CC1CC(N=NC2C(O)C3CCC(NC4CCCCC4)CC3CC2S(=O)(=O)O)C(O)CC1N=NC1CCC2CC(S(=O)(=O)O)CC(S(=O)(=O)O)C2C1.[Cu]. The summed E-state index contributed by atoms with van der Waals surface area (Å²) in [5.74, 6) is -1.18. The van der Waals surface area contributed by atoms with E-state index in [-0.39, 0.29) is 91.0 Å². The fraction of sp³-hybridized carbons (Fsp3) is 1.00. The molecule has 0 heterocycles. The van der Waals surface area contributed by atoms with Gasteiger partial charge in [-0.1, -0.05) is 26.2 Å². The molecule has 6 aliphatic rings. The summed E-state index contributed by atoms with van der Waals surface area (Å²) in [5, 5.41) is 40.2. The van der Waals surface area contributed by atoms with Crippen molar-refractivity contribution in [1.29, 1.82) is 0 Å². The normalized spacial score (nSPS) is 43.5. The quantitative estimate of drug-likeness (QED) is 0.110. The predicted octanol–water partition coefficient (Wildman–Crippen LogP) is 3.60. The number of nitrogens with one attached hydrogen (secondary N) is 1. The molecule has 0 aromatic carbocycles. The monoisotopic (exact) mass is 858 g/mol. The van der Waals surface area contributed by atoms with Crippen LogP contribution in [0.3, 0.4) is 0 Å². The molecule has 16 nitrogen and oxygen atoms in total. The molecular weight excluding hydrogens is 802 g/mol. The number of aliphatic hydroxyl groups is 2. The van der Waals surface area contributed by atoms with Crippen LogP contribution < -0.4 is 5.32 Å². The van der Waals surface area contributed by atoms with Gasteiger partial charge in [0.25, 0.3) is 30.4 Å². The minimum absolute atomic E-state index is 0. The predicted molar refractivity (Wildman–Crippen MR) is 191 cm³/mol. The Labute approximate surface area is 324 Å². The van der Waals surface area contributed by atoms with Crippen LogP contribution in [0.5, 0.6) is 0 Å². The van der Waals surface area contributed by atoms with Crippen molar-refractivity contribution in [2.24, 2.45) is 50.0 Å². The number of rotatable bonds is 9. The minimum Gasteiger partial charge on any atom is -0.391 e. The first-order valence-corrected chi connectivity index (χ1v) is 23.7. The van der Waals surface area contributed by atoms with Gasteiger partial charge < -0.3 is 15.5 Å². The maximum absolute atomic E-state index is 12.6. The molecule has 0 saturated heterocycles. The second-order valence-electron chi connectivity index (χ2n) is 16.9. The standard InChI is InChI=1S/C33H57N5O11S3.Cu/c1-18-11-28(29(39)17-27(18)36-35-23-8-7-19-13-24(50(41,42)43)16-30(26(19)15-23)51(44,45)46)37-38-32-31(52(47,48)49)14-20-12-22(9-10-25(20)33(32)40)34-21-5-3-2-4-6-21;/h18-34,39-40H,2-17H2,1H3,(H,41,42,43)(H,44,45,46)(H,47,48,49);. The van der Waals surface area contributed by atoms with Gasteiger partial charge in [-0.2, -0.15) is 45.7 Å². The van der Waals surface area contributed by atoms with E-state index in [0.29, 0.717) is 25.3 Å². The first-order chi connectivity index (χ1) is 24.4. The third-order valence-corrected chi connectivity index (χ3v) is 17.3. The van der Waals surface area contributed by atoms with Gasteiger partial charge in [0.1, 0.15) is 11.3 Å². The molecule has 20 heteroatoms. The number of nitrogens with zero attached hydrogens (tertiary/aromatic N) is 4. The van der Waals surface area contributed by atoms with Crippen LogP contribution >= 0.6 is 0 Å². The van der Waals surface area contributed by atoms with E-state index in [4.69, 9.17) is 0 Å². The summed E-state index contributed by atoms with van der Waals surface area (Å²) in [4.78, 5) is 0. The smallest absolute Gasteiger partial charge is 0.270 e. The van der Waals surface area contributed by atoms with Crippen molar-refractivity contribution in [1.82, 2.24) is 5.32 Å². The average Bonchev–Trinajstić information content (AvgIpc) is 3.07. The molecule has 6 rings (SSSR count). The topological polar surface area (TPSA) is 265 Å². The summed E-state index contributed by atoms with van der Waals surface area (Å²) in [7, 11) is -13.6. The van der Waals surface area contributed by atoms with E-state index in [9.17, 15) is 49.1 Å². The van der Waals surface area contributed by atoms with Crippen molar-refractivity contribution in [3.05, 3.63) is 0 Å². The zero-order valence-corrected chi connectivity index (χ0v) is 33.4. The number of aliphatic hydroxyl groups excluding tert-OH is 2. The Kier molecular flexibility index (Phi) is 14.3. The Balaban J connectivity index is 0.00000541. The Morgan fingerprint density at radius 2 is 1.25 bits per heavy atom. The minimum atomic E-state index is -4.58. The van der Waals surface area contributed by atoms with Crippen LogP contribution in [0.1, 0.15) is 110 Å². The van der Waals surface area contributed by atoms with E-state index >= 15 is 0 Å². The molecule has 6 fully saturated rings. The molecule has 15 atom stereocenters. The Morgan fingerprint density at radius 1 is 0.566 bits per heavy atom. The van der Waals surface area contributed by atoms with Crippen LogP contribution in [-0.4, -0.2) is 113 Å². The summed E-state index contributed by atoms with van der Waals surface area (Å²) >= 11 is 0. The van der Waals surface area contributed by atoms with Gasteiger partial charge in [-0.05, 0) is 113 Å². The summed E-state index contributed by atoms with van der Waals surface area (Å²) < 4.78 is 103. The van der Waals surface area contributed by atoms with E-state index in [1.807, 2.05) is 6.92 Å². The van der Waals surface area contributed by atoms with Gasteiger partial charge >= 0.3 is 0 Å². The van der Waals surface area contributed by atoms with Crippen LogP contribution in [0.25, 0.3) is 0 Å². The Hall–Kier alpha value is -0.671. The molecule has 0 aromatic heterocycles. The molecule has 0 aliphatic heterocycles. The molecule has 0 aromatic rings. The van der Waals surface area contributed by atoms with Crippen molar-refractivity contribution in [3.63, 3.8) is 0 Å². The first-order valence-electron chi connectivity index (χ1n) is 19.2. The molecular formula is C33H57CuN5O11S3. The van der Waals surface area contributed by atoms with Crippen molar-refractivity contribution in [2.45, 2.75) is 174 Å². The second-order valence-corrected chi connectivity index (χ2v) is 21.8. The maximum Gasteiger partial charge on any atom is 0.270 e. The Bertz CT molecular complexity index is 1650. The largest absolute Gasteiger partial charge is 0.391 e. The van der Waals surface area contributed by atoms with Crippen molar-refractivity contribution in [3.8, 4) is 0 Å². The Morgan fingerprint density at radius 3 is 1.91 bits per heavy atom. The summed E-state index contributed by atoms with van der Waals surface area (Å²) in [6, 6.07) is -1.84. The number of hydrogen-bond donors (Lipinski definition) is 6. The molecule has 53 heavy (non-hydrogen) atoms. The summed E-state index contributed by atoms with van der Waals surface area (Å²) in [6.07, 6.45) is 8.00. The van der Waals surface area contributed by atoms with Crippen molar-refractivity contribution in [2.75, 3.05) is 0 Å². The fourth-order valence-electron chi connectivity index (χ4n) is 10.6. The molecule has 6 N–H and O–H groups in total. The van der Waals surface area contributed by atoms with Gasteiger partial charge in [0, 0.05) is 29.2 Å². The van der Waals surface area contributed by atoms with Crippen LogP contribution in [-0.2, 0) is 47.4 Å². The van der Waals surface area contributed by atoms with E-state index in [2.05, 4.69) is 25.8 Å². The van der Waals surface area contributed by atoms with Gasteiger partial charge in [-0.25, -0.2) is 0 Å². The number of azo groups is 2. The molecule has 6 saturated carbocycles.